The van der Waals surface area contributed by atoms with Gasteiger partial charge in [-0.25, -0.2) is 0 Å². The average molecular weight is 229 g/mol. The summed E-state index contributed by atoms with van der Waals surface area (Å²) in [5.74, 6) is 0. The summed E-state index contributed by atoms with van der Waals surface area (Å²) in [6.07, 6.45) is 9.95. The molecule has 0 spiro atoms. The summed E-state index contributed by atoms with van der Waals surface area (Å²) < 4.78 is 5.96. The molecule has 0 unspecified atom stereocenters. The van der Waals surface area contributed by atoms with Crippen LogP contribution in [0.15, 0.2) is 0 Å². The molecule has 2 nitrogen and oxygen atoms in total. The molecule has 0 aromatic carbocycles. The van der Waals surface area contributed by atoms with Crippen molar-refractivity contribution in [1.29, 1.82) is 0 Å². The van der Waals surface area contributed by atoms with Gasteiger partial charge in [0.15, 0.2) is 0 Å². The molecule has 2 N–H and O–H groups in total. The Hall–Kier alpha value is -0.0800. The second-order valence-corrected chi connectivity index (χ2v) is 4.71. The summed E-state index contributed by atoms with van der Waals surface area (Å²) in [6.45, 7) is 8.11. The quantitative estimate of drug-likeness (QED) is 0.546. The SMILES string of the molecule is CCCCCCCCOC(CC)(CC)CN. The van der Waals surface area contributed by atoms with Gasteiger partial charge in [0.1, 0.15) is 0 Å². The summed E-state index contributed by atoms with van der Waals surface area (Å²) in [5.41, 5.74) is 5.73. The molecular formula is C14H31NO. The molecule has 0 heterocycles. The molecule has 0 radical (unpaired) electrons. The minimum atomic E-state index is -0.0522. The lowest BCUT2D eigenvalue weighted by atomic mass is 9.97. The Morgan fingerprint density at radius 2 is 1.44 bits per heavy atom. The first-order chi connectivity index (χ1) is 7.74. The van der Waals surface area contributed by atoms with E-state index in [4.69, 9.17) is 10.5 Å². The maximum atomic E-state index is 5.96. The van der Waals surface area contributed by atoms with Crippen molar-refractivity contribution in [3.05, 3.63) is 0 Å². The molecule has 0 rings (SSSR count). The number of hydrogen-bond donors (Lipinski definition) is 1. The van der Waals surface area contributed by atoms with Crippen molar-refractivity contribution in [3.63, 3.8) is 0 Å². The zero-order valence-electron chi connectivity index (χ0n) is 11.6. The number of ether oxygens (including phenoxy) is 1. The van der Waals surface area contributed by atoms with Crippen molar-refractivity contribution in [2.45, 2.75) is 77.7 Å². The minimum Gasteiger partial charge on any atom is -0.374 e. The Balaban J connectivity index is 3.48. The molecule has 0 aromatic heterocycles. The third kappa shape index (κ3) is 6.49. The van der Waals surface area contributed by atoms with Crippen LogP contribution < -0.4 is 5.73 Å². The molecule has 16 heavy (non-hydrogen) atoms. The predicted octanol–water partition coefficient (Wildman–Crippen LogP) is 3.88. The molecule has 0 aromatic rings. The van der Waals surface area contributed by atoms with E-state index < -0.39 is 0 Å². The van der Waals surface area contributed by atoms with Crippen LogP contribution in [-0.4, -0.2) is 18.8 Å². The monoisotopic (exact) mass is 229 g/mol. The van der Waals surface area contributed by atoms with Crippen LogP contribution in [0.5, 0.6) is 0 Å². The van der Waals surface area contributed by atoms with E-state index in [9.17, 15) is 0 Å². The van der Waals surface area contributed by atoms with Gasteiger partial charge < -0.3 is 10.5 Å². The van der Waals surface area contributed by atoms with Gasteiger partial charge in [-0.1, -0.05) is 52.9 Å². The normalized spacial score (nSPS) is 12.0. The van der Waals surface area contributed by atoms with Gasteiger partial charge in [-0.2, -0.15) is 0 Å². The molecule has 0 aliphatic carbocycles. The smallest absolute Gasteiger partial charge is 0.0798 e. The number of hydrogen-bond acceptors (Lipinski definition) is 2. The van der Waals surface area contributed by atoms with E-state index in [1.165, 1.54) is 38.5 Å². The molecule has 0 atom stereocenters. The first kappa shape index (κ1) is 15.9. The standard InChI is InChI=1S/C14H31NO/c1-4-7-8-9-10-11-12-16-14(5-2,6-3)13-15/h4-13,15H2,1-3H3. The van der Waals surface area contributed by atoms with Gasteiger partial charge in [-0.05, 0) is 19.3 Å². The highest BCUT2D eigenvalue weighted by molar-refractivity contribution is 4.78. The molecule has 0 amide bonds. The first-order valence-corrected chi connectivity index (χ1v) is 7.08. The van der Waals surface area contributed by atoms with Gasteiger partial charge >= 0.3 is 0 Å². The van der Waals surface area contributed by atoms with Crippen LogP contribution in [0.4, 0.5) is 0 Å². The first-order valence-electron chi connectivity index (χ1n) is 7.08. The van der Waals surface area contributed by atoms with Crippen molar-refractivity contribution >= 4 is 0 Å². The topological polar surface area (TPSA) is 35.2 Å². The fourth-order valence-electron chi connectivity index (χ4n) is 1.97. The fourth-order valence-corrected chi connectivity index (χ4v) is 1.97. The maximum Gasteiger partial charge on any atom is 0.0798 e. The number of unbranched alkanes of at least 4 members (excludes halogenated alkanes) is 5. The Labute approximate surface area is 102 Å². The van der Waals surface area contributed by atoms with Crippen molar-refractivity contribution in [2.75, 3.05) is 13.2 Å². The summed E-state index contributed by atoms with van der Waals surface area (Å²) in [5, 5.41) is 0. The lowest BCUT2D eigenvalue weighted by Crippen LogP contribution is -2.39. The van der Waals surface area contributed by atoms with Crippen LogP contribution in [0.3, 0.4) is 0 Å². The molecule has 0 aliphatic rings. The van der Waals surface area contributed by atoms with Crippen LogP contribution in [-0.2, 0) is 4.74 Å². The molecule has 98 valence electrons. The molecule has 0 aliphatic heterocycles. The zero-order valence-corrected chi connectivity index (χ0v) is 11.6. The third-order valence-electron chi connectivity index (χ3n) is 3.57. The lowest BCUT2D eigenvalue weighted by molar-refractivity contribution is -0.0458. The number of nitrogens with two attached hydrogens (primary N) is 1. The summed E-state index contributed by atoms with van der Waals surface area (Å²) >= 11 is 0. The average Bonchev–Trinajstić information content (AvgIpc) is 2.34. The molecule has 0 bridgehead atoms. The van der Waals surface area contributed by atoms with Crippen LogP contribution in [0.25, 0.3) is 0 Å². The van der Waals surface area contributed by atoms with Crippen molar-refractivity contribution < 1.29 is 4.74 Å². The van der Waals surface area contributed by atoms with Crippen molar-refractivity contribution in [1.82, 2.24) is 0 Å². The van der Waals surface area contributed by atoms with Crippen molar-refractivity contribution in [2.24, 2.45) is 5.73 Å². The van der Waals surface area contributed by atoms with E-state index in [1.54, 1.807) is 0 Å². The Kier molecular flexibility index (Phi) is 10.0. The summed E-state index contributed by atoms with van der Waals surface area (Å²) in [7, 11) is 0. The van der Waals surface area contributed by atoms with Gasteiger partial charge in [0, 0.05) is 13.2 Å². The second-order valence-electron chi connectivity index (χ2n) is 4.71. The molecule has 2 heteroatoms. The van der Waals surface area contributed by atoms with E-state index >= 15 is 0 Å². The van der Waals surface area contributed by atoms with E-state index in [2.05, 4.69) is 20.8 Å². The Morgan fingerprint density at radius 3 is 1.94 bits per heavy atom. The van der Waals surface area contributed by atoms with Gasteiger partial charge in [-0.15, -0.1) is 0 Å². The largest absolute Gasteiger partial charge is 0.374 e. The highest BCUT2D eigenvalue weighted by Crippen LogP contribution is 2.19. The Bertz CT molecular complexity index is 135. The fraction of sp³-hybridized carbons (Fsp3) is 1.00. The van der Waals surface area contributed by atoms with Gasteiger partial charge in [-0.3, -0.25) is 0 Å². The van der Waals surface area contributed by atoms with E-state index in [-0.39, 0.29) is 5.60 Å². The van der Waals surface area contributed by atoms with E-state index in [0.29, 0.717) is 6.54 Å². The van der Waals surface area contributed by atoms with Crippen molar-refractivity contribution in [3.8, 4) is 0 Å². The molecule has 0 saturated heterocycles. The van der Waals surface area contributed by atoms with Gasteiger partial charge in [0.2, 0.25) is 0 Å². The summed E-state index contributed by atoms with van der Waals surface area (Å²) in [4.78, 5) is 0. The minimum absolute atomic E-state index is 0.0522. The van der Waals surface area contributed by atoms with Crippen LogP contribution >= 0.6 is 0 Å². The predicted molar refractivity (Wildman–Crippen MR) is 71.7 cm³/mol. The molecule has 0 fully saturated rings. The Morgan fingerprint density at radius 1 is 0.875 bits per heavy atom. The number of rotatable bonds is 11. The zero-order chi connectivity index (χ0) is 12.3. The van der Waals surface area contributed by atoms with E-state index in [1.807, 2.05) is 0 Å². The second kappa shape index (κ2) is 10.1. The highest BCUT2D eigenvalue weighted by atomic mass is 16.5. The van der Waals surface area contributed by atoms with E-state index in [0.717, 1.165) is 19.4 Å². The van der Waals surface area contributed by atoms with Crippen LogP contribution in [0.2, 0.25) is 0 Å². The third-order valence-corrected chi connectivity index (χ3v) is 3.57. The summed E-state index contributed by atoms with van der Waals surface area (Å²) in [6, 6.07) is 0. The molecule has 0 saturated carbocycles. The van der Waals surface area contributed by atoms with Crippen LogP contribution in [0.1, 0.15) is 72.1 Å². The van der Waals surface area contributed by atoms with Crippen LogP contribution in [0, 0.1) is 0 Å². The highest BCUT2D eigenvalue weighted by Gasteiger charge is 2.24. The van der Waals surface area contributed by atoms with Gasteiger partial charge in [0.05, 0.1) is 5.60 Å². The maximum absolute atomic E-state index is 5.96. The van der Waals surface area contributed by atoms with Gasteiger partial charge in [0.25, 0.3) is 0 Å². The lowest BCUT2D eigenvalue weighted by Gasteiger charge is -2.30. The molecular weight excluding hydrogens is 198 g/mol.